The fourth-order valence-corrected chi connectivity index (χ4v) is 1.22. The largest absolute Gasteiger partial charge is 0.339 e. The van der Waals surface area contributed by atoms with Gasteiger partial charge in [0.25, 0.3) is 0 Å². The molecule has 0 aliphatic carbocycles. The van der Waals surface area contributed by atoms with E-state index in [9.17, 15) is 0 Å². The van der Waals surface area contributed by atoms with Gasteiger partial charge in [-0.3, -0.25) is 4.57 Å². The molecule has 68 valence electrons. The lowest BCUT2D eigenvalue weighted by molar-refractivity contribution is -0.835. The number of halogens is 1. The molecule has 0 aliphatic heterocycles. The molecule has 12 heavy (non-hydrogen) atoms. The van der Waals surface area contributed by atoms with Crippen molar-refractivity contribution in [1.82, 2.24) is 9.55 Å². The van der Waals surface area contributed by atoms with Gasteiger partial charge in [-0.1, -0.05) is 0 Å². The van der Waals surface area contributed by atoms with Gasteiger partial charge in [0, 0.05) is 7.05 Å². The Morgan fingerprint density at radius 2 is 2.42 bits per heavy atom. The van der Waals surface area contributed by atoms with E-state index >= 15 is 0 Å². The summed E-state index contributed by atoms with van der Waals surface area (Å²) in [5, 5.41) is -0.0264. The standard InChI is InChI=1S/C7H12ClN3O/c1-5(8)6-4-9-7(10-12-3)11(6)2/h4-5H,1-3H3,(H,9,10)/p+1. The minimum atomic E-state index is -0.0264. The van der Waals surface area contributed by atoms with Crippen molar-refractivity contribution in [2.24, 2.45) is 7.05 Å². The number of rotatable bonds is 3. The topological polar surface area (TPSA) is 43.7 Å². The maximum atomic E-state index is 5.91. The van der Waals surface area contributed by atoms with Gasteiger partial charge in [-0.15, -0.1) is 17.1 Å². The third-order valence-electron chi connectivity index (χ3n) is 1.69. The number of nitrogens with zero attached hydrogens (tertiary/aromatic N) is 2. The molecule has 1 unspecified atom stereocenters. The average molecular weight is 191 g/mol. The zero-order valence-corrected chi connectivity index (χ0v) is 8.17. The van der Waals surface area contributed by atoms with Crippen LogP contribution in [0.4, 0.5) is 5.95 Å². The highest BCUT2D eigenvalue weighted by Gasteiger charge is 2.12. The molecule has 1 atom stereocenters. The van der Waals surface area contributed by atoms with Gasteiger partial charge in [-0.25, -0.2) is 4.84 Å². The maximum absolute atomic E-state index is 5.91. The highest BCUT2D eigenvalue weighted by molar-refractivity contribution is 6.20. The van der Waals surface area contributed by atoms with Crippen LogP contribution in [0.1, 0.15) is 18.0 Å². The van der Waals surface area contributed by atoms with Gasteiger partial charge in [-0.05, 0) is 6.92 Å². The van der Waals surface area contributed by atoms with Crippen molar-refractivity contribution >= 4 is 17.5 Å². The molecule has 1 heterocycles. The van der Waals surface area contributed by atoms with Crippen molar-refractivity contribution in [3.63, 3.8) is 0 Å². The summed E-state index contributed by atoms with van der Waals surface area (Å²) in [6.45, 7) is 1.91. The second-order valence-corrected chi connectivity index (χ2v) is 3.22. The van der Waals surface area contributed by atoms with Gasteiger partial charge >= 0.3 is 5.95 Å². The van der Waals surface area contributed by atoms with Crippen LogP contribution in [0.15, 0.2) is 6.20 Å². The van der Waals surface area contributed by atoms with Crippen LogP contribution in [-0.2, 0) is 11.9 Å². The molecule has 0 saturated carbocycles. The Hall–Kier alpha value is -0.580. The Kier molecular flexibility index (Phi) is 3.08. The minimum absolute atomic E-state index is 0.0264. The Balaban J connectivity index is 2.88. The van der Waals surface area contributed by atoms with Crippen molar-refractivity contribution in [3.05, 3.63) is 11.9 Å². The average Bonchev–Trinajstić information content (AvgIpc) is 2.34. The van der Waals surface area contributed by atoms with Crippen LogP contribution in [0.5, 0.6) is 0 Å². The lowest BCUT2D eigenvalue weighted by Crippen LogP contribution is -2.77. The highest BCUT2D eigenvalue weighted by atomic mass is 35.5. The summed E-state index contributed by atoms with van der Waals surface area (Å²) in [4.78, 5) is 8.98. The summed E-state index contributed by atoms with van der Waals surface area (Å²) in [5.74, 6) is 0.778. The first-order valence-electron chi connectivity index (χ1n) is 3.68. The summed E-state index contributed by atoms with van der Waals surface area (Å²) in [5.41, 5.74) is 2.57. The molecule has 0 amide bonds. The van der Waals surface area contributed by atoms with E-state index in [1.165, 1.54) is 0 Å². The van der Waals surface area contributed by atoms with Crippen molar-refractivity contribution in [1.29, 1.82) is 0 Å². The van der Waals surface area contributed by atoms with E-state index in [1.54, 1.807) is 18.8 Å². The zero-order valence-electron chi connectivity index (χ0n) is 7.41. The molecular weight excluding hydrogens is 178 g/mol. The normalized spacial score (nSPS) is 13.3. The van der Waals surface area contributed by atoms with Crippen LogP contribution in [0, 0.1) is 0 Å². The zero-order chi connectivity index (χ0) is 9.14. The summed E-state index contributed by atoms with van der Waals surface area (Å²) in [6.07, 6.45) is 1.75. The third kappa shape index (κ3) is 1.77. The van der Waals surface area contributed by atoms with Crippen LogP contribution in [0.25, 0.3) is 0 Å². The summed E-state index contributed by atoms with van der Waals surface area (Å²) in [7, 11) is 3.50. The van der Waals surface area contributed by atoms with Gasteiger partial charge in [-0.2, -0.15) is 4.98 Å². The molecular formula is C7H13ClN3O+. The molecule has 0 aliphatic rings. The van der Waals surface area contributed by atoms with E-state index < -0.39 is 0 Å². The fraction of sp³-hybridized carbons (Fsp3) is 0.571. The molecule has 1 aromatic heterocycles. The molecule has 0 fully saturated rings. The summed E-state index contributed by atoms with van der Waals surface area (Å²) in [6, 6.07) is 0. The van der Waals surface area contributed by atoms with Crippen LogP contribution in [-0.4, -0.2) is 16.7 Å². The number of quaternary nitrogens is 1. The maximum Gasteiger partial charge on any atom is 0.339 e. The number of nitrogens with two attached hydrogens (primary N) is 1. The smallest absolute Gasteiger partial charge is 0.282 e. The lowest BCUT2D eigenvalue weighted by Gasteiger charge is -2.03. The molecule has 1 aromatic rings. The predicted octanol–water partition coefficient (Wildman–Crippen LogP) is 0.476. The molecule has 0 spiro atoms. The third-order valence-corrected chi connectivity index (χ3v) is 1.91. The Morgan fingerprint density at radius 3 is 2.83 bits per heavy atom. The number of aromatic nitrogens is 2. The van der Waals surface area contributed by atoms with Gasteiger partial charge < -0.3 is 0 Å². The van der Waals surface area contributed by atoms with E-state index in [-0.39, 0.29) is 5.38 Å². The van der Waals surface area contributed by atoms with Crippen molar-refractivity contribution < 1.29 is 10.3 Å². The van der Waals surface area contributed by atoms with Gasteiger partial charge in [0.05, 0.1) is 24.4 Å². The van der Waals surface area contributed by atoms with E-state index in [0.717, 1.165) is 11.6 Å². The van der Waals surface area contributed by atoms with Gasteiger partial charge in [0.15, 0.2) is 0 Å². The number of hydrogen-bond donors (Lipinski definition) is 1. The second kappa shape index (κ2) is 3.89. The predicted molar refractivity (Wildman–Crippen MR) is 46.1 cm³/mol. The molecule has 2 N–H and O–H groups in total. The molecule has 0 aromatic carbocycles. The number of hydrogen-bond acceptors (Lipinski definition) is 2. The van der Waals surface area contributed by atoms with E-state index in [0.29, 0.717) is 0 Å². The molecule has 5 heteroatoms. The lowest BCUT2D eigenvalue weighted by atomic mass is 10.3. The van der Waals surface area contributed by atoms with E-state index in [4.69, 9.17) is 16.4 Å². The van der Waals surface area contributed by atoms with Gasteiger partial charge in [0.1, 0.15) is 0 Å². The molecule has 4 nitrogen and oxygen atoms in total. The van der Waals surface area contributed by atoms with Crippen LogP contribution >= 0.6 is 11.6 Å². The number of alkyl halides is 1. The van der Waals surface area contributed by atoms with Crippen molar-refractivity contribution in [3.8, 4) is 0 Å². The number of imidazole rings is 1. The van der Waals surface area contributed by atoms with Crippen LogP contribution in [0.3, 0.4) is 0 Å². The first-order valence-corrected chi connectivity index (χ1v) is 4.12. The highest BCUT2D eigenvalue weighted by Crippen LogP contribution is 2.19. The van der Waals surface area contributed by atoms with Crippen molar-refractivity contribution in [2.75, 3.05) is 7.11 Å². The monoisotopic (exact) mass is 190 g/mol. The molecule has 0 radical (unpaired) electrons. The van der Waals surface area contributed by atoms with Crippen LogP contribution in [0.2, 0.25) is 0 Å². The molecule has 0 saturated heterocycles. The van der Waals surface area contributed by atoms with E-state index in [2.05, 4.69) is 4.98 Å². The fourth-order valence-electron chi connectivity index (χ4n) is 1.02. The Bertz CT molecular complexity index is 259. The van der Waals surface area contributed by atoms with Crippen molar-refractivity contribution in [2.45, 2.75) is 12.3 Å². The summed E-state index contributed by atoms with van der Waals surface area (Å²) >= 11 is 5.91. The van der Waals surface area contributed by atoms with E-state index in [1.807, 2.05) is 18.5 Å². The quantitative estimate of drug-likeness (QED) is 0.557. The molecule has 0 bridgehead atoms. The summed E-state index contributed by atoms with van der Waals surface area (Å²) < 4.78 is 1.90. The van der Waals surface area contributed by atoms with Crippen LogP contribution < -0.4 is 5.48 Å². The Morgan fingerprint density at radius 1 is 1.75 bits per heavy atom. The molecule has 1 rings (SSSR count). The SMILES string of the molecule is CO[NH2+]c1ncc(C(C)Cl)n1C. The Labute approximate surface area is 76.5 Å². The second-order valence-electron chi connectivity index (χ2n) is 2.57. The minimum Gasteiger partial charge on any atom is -0.282 e. The first kappa shape index (κ1) is 9.51. The first-order chi connectivity index (χ1) is 5.66. The van der Waals surface area contributed by atoms with Gasteiger partial charge in [0.2, 0.25) is 0 Å².